The Hall–Kier alpha value is -2.10. The van der Waals surface area contributed by atoms with Crippen molar-refractivity contribution in [2.24, 2.45) is 0 Å². The molecule has 0 N–H and O–H groups in total. The number of nitrogens with zero attached hydrogens (tertiary/aromatic N) is 1. The largest absolute Gasteiger partial charge is 0.496 e. The third-order valence-electron chi connectivity index (χ3n) is 2.92. The second kappa shape index (κ2) is 5.04. The minimum absolute atomic E-state index is 0.00902. The highest BCUT2D eigenvalue weighted by Crippen LogP contribution is 2.24. The minimum Gasteiger partial charge on any atom is -0.496 e. The topological polar surface area (TPSA) is 52.3 Å². The number of furan rings is 1. The van der Waals surface area contributed by atoms with Gasteiger partial charge in [-0.1, -0.05) is 0 Å². The van der Waals surface area contributed by atoms with Gasteiger partial charge in [0, 0.05) is 17.3 Å². The maximum absolute atomic E-state index is 12.0. The number of carbonyl (C=O) groups is 1. The van der Waals surface area contributed by atoms with Crippen molar-refractivity contribution in [2.75, 3.05) is 7.11 Å². The predicted octanol–water partition coefficient (Wildman–Crippen LogP) is 2.73. The highest BCUT2D eigenvalue weighted by atomic mass is 16.5. The Labute approximate surface area is 106 Å². The smallest absolute Gasteiger partial charge is 0.172 e. The summed E-state index contributed by atoms with van der Waals surface area (Å²) < 4.78 is 10.2. The van der Waals surface area contributed by atoms with Gasteiger partial charge >= 0.3 is 0 Å². The molecule has 2 aromatic heterocycles. The summed E-state index contributed by atoms with van der Waals surface area (Å²) in [7, 11) is 1.62. The number of hydrogen-bond donors (Lipinski definition) is 0. The van der Waals surface area contributed by atoms with E-state index in [1.54, 1.807) is 19.4 Å². The van der Waals surface area contributed by atoms with E-state index < -0.39 is 0 Å². The number of hydrogen-bond acceptors (Lipinski definition) is 4. The second-order valence-corrected chi connectivity index (χ2v) is 4.16. The highest BCUT2D eigenvalue weighted by Gasteiger charge is 2.14. The molecule has 2 rings (SSSR count). The van der Waals surface area contributed by atoms with Crippen molar-refractivity contribution >= 4 is 5.78 Å². The Kier molecular flexibility index (Phi) is 3.46. The number of Topliss-reactive ketones (excluding diaryl/α,β-unsaturated/α-hetero) is 1. The molecular weight excluding hydrogens is 230 g/mol. The Morgan fingerprint density at radius 2 is 2.22 bits per heavy atom. The maximum Gasteiger partial charge on any atom is 0.172 e. The molecule has 2 aromatic rings. The maximum atomic E-state index is 12.0. The molecule has 0 spiro atoms. The average Bonchev–Trinajstić information content (AvgIpc) is 2.87. The molecule has 0 bridgehead atoms. The lowest BCUT2D eigenvalue weighted by atomic mass is 10.0. The van der Waals surface area contributed by atoms with E-state index in [0.29, 0.717) is 5.56 Å². The van der Waals surface area contributed by atoms with Gasteiger partial charge in [0.1, 0.15) is 12.0 Å². The lowest BCUT2D eigenvalue weighted by Gasteiger charge is -2.11. The summed E-state index contributed by atoms with van der Waals surface area (Å²) in [5, 5.41) is 0. The molecule has 94 valence electrons. The molecule has 0 atom stereocenters. The zero-order valence-corrected chi connectivity index (χ0v) is 10.7. The number of ether oxygens (including phenoxy) is 1. The van der Waals surface area contributed by atoms with Crippen LogP contribution >= 0.6 is 0 Å². The minimum atomic E-state index is -0.00902. The van der Waals surface area contributed by atoms with Crippen LogP contribution in [0.3, 0.4) is 0 Å². The third-order valence-corrected chi connectivity index (χ3v) is 2.92. The highest BCUT2D eigenvalue weighted by molar-refractivity contribution is 5.97. The van der Waals surface area contributed by atoms with Gasteiger partial charge in [0.2, 0.25) is 0 Å². The Morgan fingerprint density at radius 3 is 2.83 bits per heavy atom. The van der Waals surface area contributed by atoms with Crippen LogP contribution in [0.25, 0.3) is 0 Å². The number of rotatable bonds is 4. The van der Waals surface area contributed by atoms with Gasteiger partial charge in [-0.25, -0.2) is 0 Å². The molecule has 0 amide bonds. The van der Waals surface area contributed by atoms with Crippen LogP contribution in [0, 0.1) is 13.8 Å². The van der Waals surface area contributed by atoms with Gasteiger partial charge in [0.25, 0.3) is 0 Å². The number of pyridine rings is 1. The molecular formula is C14H15NO3. The van der Waals surface area contributed by atoms with Gasteiger partial charge in [0.15, 0.2) is 5.78 Å². The van der Waals surface area contributed by atoms with Crippen LogP contribution in [0.5, 0.6) is 5.75 Å². The lowest BCUT2D eigenvalue weighted by Crippen LogP contribution is -2.07. The standard InChI is InChI=1S/C14H15NO3/c1-9-7-15-12(10(2)14(9)17-3)6-13(16)11-4-5-18-8-11/h4-5,7-8H,6H2,1-3H3. The third kappa shape index (κ3) is 2.27. The predicted molar refractivity (Wildman–Crippen MR) is 67.0 cm³/mol. The summed E-state index contributed by atoms with van der Waals surface area (Å²) in [6, 6.07) is 1.66. The summed E-state index contributed by atoms with van der Waals surface area (Å²) in [6.07, 6.45) is 4.91. The second-order valence-electron chi connectivity index (χ2n) is 4.16. The number of ketones is 1. The number of aromatic nitrogens is 1. The van der Waals surface area contributed by atoms with Crippen molar-refractivity contribution in [3.8, 4) is 5.75 Å². The molecule has 0 radical (unpaired) electrons. The van der Waals surface area contributed by atoms with E-state index in [9.17, 15) is 4.79 Å². The summed E-state index contributed by atoms with van der Waals surface area (Å²) in [5.74, 6) is 0.783. The van der Waals surface area contributed by atoms with Crippen LogP contribution in [0.2, 0.25) is 0 Å². The quantitative estimate of drug-likeness (QED) is 0.777. The SMILES string of the molecule is COc1c(C)cnc(CC(=O)c2ccoc2)c1C. The van der Waals surface area contributed by atoms with Crippen LogP contribution in [-0.2, 0) is 6.42 Å². The molecule has 0 saturated heterocycles. The van der Waals surface area contributed by atoms with Gasteiger partial charge in [-0.2, -0.15) is 0 Å². The Balaban J connectivity index is 2.27. The molecule has 0 unspecified atom stereocenters. The van der Waals surface area contributed by atoms with Crippen molar-refractivity contribution in [3.05, 3.63) is 47.2 Å². The molecule has 0 aromatic carbocycles. The fraction of sp³-hybridized carbons (Fsp3) is 0.286. The van der Waals surface area contributed by atoms with Crippen LogP contribution in [0.15, 0.2) is 29.2 Å². The van der Waals surface area contributed by atoms with Crippen molar-refractivity contribution in [1.29, 1.82) is 0 Å². The zero-order valence-electron chi connectivity index (χ0n) is 10.7. The zero-order chi connectivity index (χ0) is 13.1. The van der Waals surface area contributed by atoms with E-state index in [0.717, 1.165) is 22.6 Å². The van der Waals surface area contributed by atoms with E-state index in [1.165, 1.54) is 12.5 Å². The molecule has 0 aliphatic carbocycles. The van der Waals surface area contributed by atoms with Gasteiger partial charge in [-0.3, -0.25) is 9.78 Å². The van der Waals surface area contributed by atoms with Gasteiger partial charge in [-0.05, 0) is 19.9 Å². The molecule has 18 heavy (non-hydrogen) atoms. The summed E-state index contributed by atoms with van der Waals surface area (Å²) in [4.78, 5) is 16.3. The molecule has 0 aliphatic rings. The monoisotopic (exact) mass is 245 g/mol. The van der Waals surface area contributed by atoms with Gasteiger partial charge < -0.3 is 9.15 Å². The van der Waals surface area contributed by atoms with Crippen molar-refractivity contribution in [1.82, 2.24) is 4.98 Å². The molecule has 4 heteroatoms. The van der Waals surface area contributed by atoms with Crippen molar-refractivity contribution in [2.45, 2.75) is 20.3 Å². The van der Waals surface area contributed by atoms with E-state index in [4.69, 9.17) is 9.15 Å². The lowest BCUT2D eigenvalue weighted by molar-refractivity contribution is 0.0991. The summed E-state index contributed by atoms with van der Waals surface area (Å²) >= 11 is 0. The summed E-state index contributed by atoms with van der Waals surface area (Å²) in [5.41, 5.74) is 3.18. The van der Waals surface area contributed by atoms with Crippen LogP contribution < -0.4 is 4.74 Å². The van der Waals surface area contributed by atoms with Crippen molar-refractivity contribution in [3.63, 3.8) is 0 Å². The Morgan fingerprint density at radius 1 is 1.44 bits per heavy atom. The van der Waals surface area contributed by atoms with E-state index >= 15 is 0 Å². The van der Waals surface area contributed by atoms with Crippen LogP contribution in [0.4, 0.5) is 0 Å². The first-order valence-corrected chi connectivity index (χ1v) is 5.68. The van der Waals surface area contributed by atoms with Crippen molar-refractivity contribution < 1.29 is 13.9 Å². The first-order chi connectivity index (χ1) is 8.63. The fourth-order valence-electron chi connectivity index (χ4n) is 1.93. The molecule has 0 saturated carbocycles. The number of aryl methyl sites for hydroxylation is 1. The number of methoxy groups -OCH3 is 1. The normalized spacial score (nSPS) is 10.4. The molecule has 4 nitrogen and oxygen atoms in total. The van der Waals surface area contributed by atoms with Gasteiger partial charge in [-0.15, -0.1) is 0 Å². The average molecular weight is 245 g/mol. The molecule has 0 fully saturated rings. The number of carbonyl (C=O) groups excluding carboxylic acids is 1. The van der Waals surface area contributed by atoms with Crippen LogP contribution in [-0.4, -0.2) is 17.9 Å². The first-order valence-electron chi connectivity index (χ1n) is 5.68. The fourth-order valence-corrected chi connectivity index (χ4v) is 1.93. The molecule has 0 aliphatic heterocycles. The Bertz CT molecular complexity index is 559. The van der Waals surface area contributed by atoms with E-state index in [1.807, 2.05) is 13.8 Å². The van der Waals surface area contributed by atoms with E-state index in [2.05, 4.69) is 4.98 Å². The van der Waals surface area contributed by atoms with Gasteiger partial charge in [0.05, 0.1) is 31.1 Å². The summed E-state index contributed by atoms with van der Waals surface area (Å²) in [6.45, 7) is 3.84. The molecule has 2 heterocycles. The van der Waals surface area contributed by atoms with E-state index in [-0.39, 0.29) is 12.2 Å². The van der Waals surface area contributed by atoms with Crippen LogP contribution in [0.1, 0.15) is 27.2 Å². The first kappa shape index (κ1) is 12.4.